The molecule has 2 aromatic heterocycles. The van der Waals surface area contributed by atoms with Crippen molar-refractivity contribution in [3.63, 3.8) is 0 Å². The Morgan fingerprint density at radius 2 is 2.06 bits per heavy atom. The van der Waals surface area contributed by atoms with E-state index in [0.717, 1.165) is 56.2 Å². The SMILES string of the molecule is CC(=O)OCCCC[NH2+]/C=C(\C=N)c1cnc2ccc(NC(=O)NC3CCCC3)nc2c1. The number of carbonyl (C=O) groups is 2. The van der Waals surface area contributed by atoms with Crippen molar-refractivity contribution in [2.24, 2.45) is 0 Å². The molecule has 9 heteroatoms. The normalized spacial score (nSPS) is 14.3. The molecule has 0 saturated heterocycles. The van der Waals surface area contributed by atoms with E-state index in [4.69, 9.17) is 10.1 Å². The van der Waals surface area contributed by atoms with Gasteiger partial charge in [-0.15, -0.1) is 0 Å². The van der Waals surface area contributed by atoms with Crippen molar-refractivity contribution in [1.29, 1.82) is 5.41 Å². The van der Waals surface area contributed by atoms with Crippen LogP contribution in [0.1, 0.15) is 51.0 Å². The summed E-state index contributed by atoms with van der Waals surface area (Å²) < 4.78 is 4.92. The van der Waals surface area contributed by atoms with Crippen molar-refractivity contribution in [3.8, 4) is 0 Å². The van der Waals surface area contributed by atoms with Gasteiger partial charge in [0.2, 0.25) is 0 Å². The number of quaternary nitrogens is 1. The number of carbonyl (C=O) groups excluding carboxylic acids is 2. The maximum Gasteiger partial charge on any atom is 0.320 e. The number of nitrogens with two attached hydrogens (primary N) is 1. The molecule has 1 aliphatic carbocycles. The Hall–Kier alpha value is -3.33. The molecule has 0 bridgehead atoms. The van der Waals surface area contributed by atoms with Crippen LogP contribution in [0.3, 0.4) is 0 Å². The molecular formula is C23H31N6O3+. The second kappa shape index (κ2) is 11.9. The first-order chi connectivity index (χ1) is 15.5. The van der Waals surface area contributed by atoms with Gasteiger partial charge < -0.3 is 20.8 Å². The number of hydrogen-bond donors (Lipinski definition) is 4. The van der Waals surface area contributed by atoms with Crippen molar-refractivity contribution in [2.75, 3.05) is 18.5 Å². The Labute approximate surface area is 187 Å². The van der Waals surface area contributed by atoms with Gasteiger partial charge >= 0.3 is 12.0 Å². The van der Waals surface area contributed by atoms with E-state index in [1.165, 1.54) is 13.1 Å². The quantitative estimate of drug-likeness (QED) is 0.256. The molecule has 0 radical (unpaired) electrons. The maximum atomic E-state index is 12.2. The minimum absolute atomic E-state index is 0.238. The summed E-state index contributed by atoms with van der Waals surface area (Å²) in [5, 5.41) is 15.5. The van der Waals surface area contributed by atoms with Crippen molar-refractivity contribution in [1.82, 2.24) is 15.3 Å². The van der Waals surface area contributed by atoms with Crippen LogP contribution in [-0.2, 0) is 9.53 Å². The number of anilines is 1. The molecule has 170 valence electrons. The number of rotatable bonds is 10. The van der Waals surface area contributed by atoms with Crippen LogP contribution in [0.25, 0.3) is 16.6 Å². The van der Waals surface area contributed by atoms with E-state index in [2.05, 4.69) is 20.6 Å². The molecule has 9 nitrogen and oxygen atoms in total. The molecule has 2 aromatic rings. The Bertz CT molecular complexity index is 985. The molecule has 3 rings (SSSR count). The molecule has 1 fully saturated rings. The third-order valence-electron chi connectivity index (χ3n) is 5.33. The fraction of sp³-hybridized carbons (Fsp3) is 0.435. The summed E-state index contributed by atoms with van der Waals surface area (Å²) in [6.45, 7) is 2.66. The number of fused-ring (bicyclic) bond motifs is 1. The zero-order chi connectivity index (χ0) is 22.8. The summed E-state index contributed by atoms with van der Waals surface area (Å²) >= 11 is 0. The minimum atomic E-state index is -0.259. The average Bonchev–Trinajstić information content (AvgIpc) is 3.28. The zero-order valence-corrected chi connectivity index (χ0v) is 18.4. The van der Waals surface area contributed by atoms with Gasteiger partial charge in [-0.05, 0) is 37.5 Å². The highest BCUT2D eigenvalue weighted by atomic mass is 16.5. The standard InChI is InChI=1S/C23H30N6O3/c1-16(30)32-11-5-4-10-25-14-18(13-24)17-12-21-20(26-15-17)8-9-22(28-21)29-23(31)27-19-6-2-3-7-19/h8-9,12-15,19,24-25H,2-7,10-11H2,1H3,(H2,27,28,29,31)/p+1/b18-14+,24-13?. The number of unbranched alkanes of at least 4 members (excludes halogenated alkanes) is 1. The van der Waals surface area contributed by atoms with Crippen LogP contribution in [0.4, 0.5) is 10.6 Å². The summed E-state index contributed by atoms with van der Waals surface area (Å²) in [6.07, 6.45) is 10.9. The highest BCUT2D eigenvalue weighted by Crippen LogP contribution is 2.19. The number of esters is 1. The second-order valence-corrected chi connectivity index (χ2v) is 7.88. The van der Waals surface area contributed by atoms with Crippen molar-refractivity contribution < 1.29 is 19.6 Å². The minimum Gasteiger partial charge on any atom is -0.466 e. The molecule has 0 aromatic carbocycles. The van der Waals surface area contributed by atoms with E-state index in [1.54, 1.807) is 12.3 Å². The summed E-state index contributed by atoms with van der Waals surface area (Å²) in [7, 11) is 0. The smallest absolute Gasteiger partial charge is 0.320 e. The number of urea groups is 1. The van der Waals surface area contributed by atoms with E-state index < -0.39 is 0 Å². The predicted molar refractivity (Wildman–Crippen MR) is 123 cm³/mol. The lowest BCUT2D eigenvalue weighted by Crippen LogP contribution is -2.78. The molecule has 5 N–H and O–H groups in total. The fourth-order valence-corrected chi connectivity index (χ4v) is 3.66. The van der Waals surface area contributed by atoms with Crippen LogP contribution >= 0.6 is 0 Å². The van der Waals surface area contributed by atoms with E-state index in [9.17, 15) is 9.59 Å². The van der Waals surface area contributed by atoms with Crippen LogP contribution in [0.5, 0.6) is 0 Å². The Kier molecular flexibility index (Phi) is 8.68. The molecular weight excluding hydrogens is 408 g/mol. The largest absolute Gasteiger partial charge is 0.466 e. The zero-order valence-electron chi connectivity index (χ0n) is 18.4. The van der Waals surface area contributed by atoms with Crippen molar-refractivity contribution in [2.45, 2.75) is 51.5 Å². The van der Waals surface area contributed by atoms with E-state index >= 15 is 0 Å². The van der Waals surface area contributed by atoms with Gasteiger partial charge in [0.1, 0.15) is 12.0 Å². The lowest BCUT2D eigenvalue weighted by Gasteiger charge is -2.12. The highest BCUT2D eigenvalue weighted by molar-refractivity contribution is 6.08. The highest BCUT2D eigenvalue weighted by Gasteiger charge is 2.17. The van der Waals surface area contributed by atoms with Gasteiger partial charge in [0, 0.05) is 37.4 Å². The van der Waals surface area contributed by atoms with E-state index in [-0.39, 0.29) is 18.0 Å². The number of amides is 2. The molecule has 1 saturated carbocycles. The van der Waals surface area contributed by atoms with Crippen LogP contribution in [0.15, 0.2) is 30.6 Å². The van der Waals surface area contributed by atoms with E-state index in [1.807, 2.05) is 23.6 Å². The van der Waals surface area contributed by atoms with Crippen LogP contribution in [-0.4, -0.2) is 47.4 Å². The average molecular weight is 440 g/mol. The van der Waals surface area contributed by atoms with E-state index in [0.29, 0.717) is 23.5 Å². The fourth-order valence-electron chi connectivity index (χ4n) is 3.66. The van der Waals surface area contributed by atoms with Gasteiger partial charge in [-0.2, -0.15) is 0 Å². The Morgan fingerprint density at radius 3 is 2.81 bits per heavy atom. The monoisotopic (exact) mass is 439 g/mol. The molecule has 0 unspecified atom stereocenters. The van der Waals surface area contributed by atoms with Gasteiger partial charge in [0.05, 0.1) is 29.8 Å². The first-order valence-corrected chi connectivity index (χ1v) is 11.1. The van der Waals surface area contributed by atoms with Crippen LogP contribution < -0.4 is 16.0 Å². The molecule has 2 amide bonds. The van der Waals surface area contributed by atoms with Gasteiger partial charge in [-0.3, -0.25) is 15.1 Å². The first kappa shape index (κ1) is 23.3. The lowest BCUT2D eigenvalue weighted by atomic mass is 10.1. The van der Waals surface area contributed by atoms with Crippen LogP contribution in [0, 0.1) is 5.41 Å². The topological polar surface area (TPSA) is 134 Å². The number of pyridine rings is 2. The van der Waals surface area contributed by atoms with Gasteiger partial charge in [-0.25, -0.2) is 9.78 Å². The number of nitrogens with one attached hydrogen (secondary N) is 3. The number of ether oxygens (including phenoxy) is 1. The predicted octanol–water partition coefficient (Wildman–Crippen LogP) is 2.59. The molecule has 1 aliphatic rings. The third kappa shape index (κ3) is 7.12. The molecule has 32 heavy (non-hydrogen) atoms. The number of hydrogen-bond acceptors (Lipinski definition) is 6. The summed E-state index contributed by atoms with van der Waals surface area (Å²) in [6, 6.07) is 5.42. The maximum absolute atomic E-state index is 12.2. The summed E-state index contributed by atoms with van der Waals surface area (Å²) in [5.41, 5.74) is 2.87. The number of aromatic nitrogens is 2. The van der Waals surface area contributed by atoms with Crippen LogP contribution in [0.2, 0.25) is 0 Å². The molecule has 0 atom stereocenters. The number of allylic oxidation sites excluding steroid dienone is 1. The second-order valence-electron chi connectivity index (χ2n) is 7.88. The molecule has 0 spiro atoms. The third-order valence-corrected chi connectivity index (χ3v) is 5.33. The Morgan fingerprint density at radius 1 is 1.25 bits per heavy atom. The number of nitrogens with zero attached hydrogens (tertiary/aromatic N) is 2. The molecule has 2 heterocycles. The first-order valence-electron chi connectivity index (χ1n) is 11.1. The Balaban J connectivity index is 1.59. The summed E-state index contributed by atoms with van der Waals surface area (Å²) in [4.78, 5) is 31.9. The van der Waals surface area contributed by atoms with Gasteiger partial charge in [0.15, 0.2) is 0 Å². The molecule has 0 aliphatic heterocycles. The lowest BCUT2D eigenvalue weighted by molar-refractivity contribution is -0.587. The van der Waals surface area contributed by atoms with Crippen molar-refractivity contribution >= 4 is 40.6 Å². The van der Waals surface area contributed by atoms with Gasteiger partial charge in [0.25, 0.3) is 0 Å². The summed E-state index contributed by atoms with van der Waals surface area (Å²) in [5.74, 6) is 0.205. The van der Waals surface area contributed by atoms with Gasteiger partial charge in [-0.1, -0.05) is 12.8 Å². The van der Waals surface area contributed by atoms with Crippen molar-refractivity contribution in [3.05, 3.63) is 36.2 Å².